The highest BCUT2D eigenvalue weighted by atomic mass is 79.9. The lowest BCUT2D eigenvalue weighted by Crippen LogP contribution is -2.43. The molecule has 1 aromatic carbocycles. The fraction of sp³-hybridized carbons (Fsp3) is 0.625. The monoisotopic (exact) mass is 367 g/mol. The van der Waals surface area contributed by atoms with Gasteiger partial charge < -0.3 is 4.90 Å². The van der Waals surface area contributed by atoms with Gasteiger partial charge in [0.1, 0.15) is 5.69 Å². The van der Waals surface area contributed by atoms with E-state index in [0.717, 1.165) is 29.7 Å². The molecule has 2 bridgehead atoms. The fourth-order valence-electron chi connectivity index (χ4n) is 4.08. The number of nitro benzene ring substituents is 1. The van der Waals surface area contributed by atoms with E-state index < -0.39 is 0 Å². The largest absolute Gasteiger partial charge is 0.364 e. The van der Waals surface area contributed by atoms with Gasteiger partial charge in [-0.3, -0.25) is 15.0 Å². The van der Waals surface area contributed by atoms with Crippen LogP contribution in [0.3, 0.4) is 0 Å². The normalized spacial score (nSPS) is 25.5. The van der Waals surface area contributed by atoms with Crippen molar-refractivity contribution in [3.8, 4) is 0 Å². The van der Waals surface area contributed by atoms with Gasteiger partial charge in [0, 0.05) is 41.8 Å². The molecule has 1 aromatic rings. The van der Waals surface area contributed by atoms with Gasteiger partial charge in [0.15, 0.2) is 0 Å². The summed E-state index contributed by atoms with van der Waals surface area (Å²) in [4.78, 5) is 15.9. The van der Waals surface area contributed by atoms with E-state index in [-0.39, 0.29) is 10.6 Å². The third-order valence-electron chi connectivity index (χ3n) is 4.91. The first-order valence-corrected chi connectivity index (χ1v) is 8.73. The molecular formula is C16H22BrN3O2. The minimum absolute atomic E-state index is 0.206. The SMILES string of the molecule is CC(C)N1C2CCC1CN(c1cc(Br)ccc1[N+](=O)[O-])CC2. The fourth-order valence-corrected chi connectivity index (χ4v) is 4.43. The predicted octanol–water partition coefficient (Wildman–Crippen LogP) is 3.81. The Bertz CT molecular complexity index is 579. The number of hydrogen-bond donors (Lipinski definition) is 0. The van der Waals surface area contributed by atoms with E-state index in [4.69, 9.17) is 0 Å². The lowest BCUT2D eigenvalue weighted by atomic mass is 10.1. The highest BCUT2D eigenvalue weighted by Crippen LogP contribution is 2.37. The van der Waals surface area contributed by atoms with Crippen molar-refractivity contribution in [2.45, 2.75) is 51.2 Å². The topological polar surface area (TPSA) is 49.6 Å². The van der Waals surface area contributed by atoms with Crippen molar-refractivity contribution in [1.29, 1.82) is 0 Å². The highest BCUT2D eigenvalue weighted by Gasteiger charge is 2.39. The molecule has 0 aromatic heterocycles. The molecule has 2 heterocycles. The van der Waals surface area contributed by atoms with E-state index in [1.807, 2.05) is 6.07 Å². The van der Waals surface area contributed by atoms with Gasteiger partial charge in [-0.15, -0.1) is 0 Å². The molecule has 120 valence electrons. The Labute approximate surface area is 139 Å². The highest BCUT2D eigenvalue weighted by molar-refractivity contribution is 9.10. The molecule has 0 spiro atoms. The van der Waals surface area contributed by atoms with E-state index in [1.165, 1.54) is 12.8 Å². The summed E-state index contributed by atoms with van der Waals surface area (Å²) in [5.74, 6) is 0. The summed E-state index contributed by atoms with van der Waals surface area (Å²) in [7, 11) is 0. The standard InChI is InChI=1S/C16H22BrN3O2/c1-11(2)19-13-4-5-14(19)10-18(8-7-13)16-9-12(17)3-6-15(16)20(21)22/h3,6,9,11,13-14H,4-5,7-8,10H2,1-2H3. The van der Waals surface area contributed by atoms with Crippen molar-refractivity contribution in [3.05, 3.63) is 32.8 Å². The van der Waals surface area contributed by atoms with E-state index in [0.29, 0.717) is 18.1 Å². The first-order chi connectivity index (χ1) is 10.5. The van der Waals surface area contributed by atoms with Gasteiger partial charge in [0.05, 0.1) is 4.92 Å². The van der Waals surface area contributed by atoms with Crippen LogP contribution in [0.15, 0.2) is 22.7 Å². The van der Waals surface area contributed by atoms with E-state index in [9.17, 15) is 10.1 Å². The zero-order chi connectivity index (χ0) is 15.9. The number of nitrogens with zero attached hydrogens (tertiary/aromatic N) is 3. The molecule has 3 rings (SSSR count). The molecule has 5 nitrogen and oxygen atoms in total. The second-order valence-corrected chi connectivity index (χ2v) is 7.47. The van der Waals surface area contributed by atoms with Gasteiger partial charge >= 0.3 is 0 Å². The van der Waals surface area contributed by atoms with Crippen LogP contribution in [0.4, 0.5) is 11.4 Å². The van der Waals surface area contributed by atoms with Gasteiger partial charge in [-0.05, 0) is 45.2 Å². The average Bonchev–Trinajstić information content (AvgIpc) is 2.73. The summed E-state index contributed by atoms with van der Waals surface area (Å²) < 4.78 is 0.892. The van der Waals surface area contributed by atoms with Crippen LogP contribution in [-0.4, -0.2) is 41.0 Å². The zero-order valence-corrected chi connectivity index (χ0v) is 14.6. The predicted molar refractivity (Wildman–Crippen MR) is 91.4 cm³/mol. The molecule has 2 unspecified atom stereocenters. The molecule has 2 fully saturated rings. The van der Waals surface area contributed by atoms with Crippen LogP contribution in [0.5, 0.6) is 0 Å². The Morgan fingerprint density at radius 3 is 2.68 bits per heavy atom. The number of hydrogen-bond acceptors (Lipinski definition) is 4. The quantitative estimate of drug-likeness (QED) is 0.601. The summed E-state index contributed by atoms with van der Waals surface area (Å²) in [5, 5.41) is 11.3. The Balaban J connectivity index is 1.91. The maximum atomic E-state index is 11.3. The molecule has 0 aliphatic carbocycles. The van der Waals surface area contributed by atoms with Crippen molar-refractivity contribution in [2.24, 2.45) is 0 Å². The molecule has 0 saturated carbocycles. The first-order valence-electron chi connectivity index (χ1n) is 7.93. The van der Waals surface area contributed by atoms with Gasteiger partial charge in [0.25, 0.3) is 5.69 Å². The molecule has 0 amide bonds. The summed E-state index contributed by atoms with van der Waals surface area (Å²) in [6, 6.07) is 6.90. The second-order valence-electron chi connectivity index (χ2n) is 6.55. The number of nitro groups is 1. The summed E-state index contributed by atoms with van der Waals surface area (Å²) in [5.41, 5.74) is 0.952. The molecular weight excluding hydrogens is 346 g/mol. The molecule has 0 N–H and O–H groups in total. The maximum absolute atomic E-state index is 11.3. The van der Waals surface area contributed by atoms with Crippen LogP contribution < -0.4 is 4.90 Å². The van der Waals surface area contributed by atoms with Crippen LogP contribution in [0, 0.1) is 10.1 Å². The molecule has 2 saturated heterocycles. The number of benzene rings is 1. The summed E-state index contributed by atoms with van der Waals surface area (Å²) in [6.07, 6.45) is 3.54. The zero-order valence-electron chi connectivity index (χ0n) is 13.0. The third-order valence-corrected chi connectivity index (χ3v) is 5.40. The van der Waals surface area contributed by atoms with Crippen LogP contribution in [0.25, 0.3) is 0 Å². The average molecular weight is 368 g/mol. The minimum Gasteiger partial charge on any atom is -0.364 e. The number of rotatable bonds is 3. The summed E-state index contributed by atoms with van der Waals surface area (Å²) >= 11 is 3.45. The van der Waals surface area contributed by atoms with E-state index in [2.05, 4.69) is 39.6 Å². The molecule has 2 aliphatic rings. The maximum Gasteiger partial charge on any atom is 0.292 e. The van der Waals surface area contributed by atoms with Gasteiger partial charge in [0.2, 0.25) is 0 Å². The first kappa shape index (κ1) is 15.7. The van der Waals surface area contributed by atoms with Crippen LogP contribution >= 0.6 is 15.9 Å². The Hall–Kier alpha value is -1.14. The summed E-state index contributed by atoms with van der Waals surface area (Å²) in [6.45, 7) is 6.28. The van der Waals surface area contributed by atoms with Gasteiger partial charge in [-0.25, -0.2) is 0 Å². The van der Waals surface area contributed by atoms with Crippen molar-refractivity contribution < 1.29 is 4.92 Å². The van der Waals surface area contributed by atoms with Gasteiger partial charge in [-0.1, -0.05) is 15.9 Å². The van der Waals surface area contributed by atoms with Crippen LogP contribution in [0.1, 0.15) is 33.1 Å². The van der Waals surface area contributed by atoms with E-state index in [1.54, 1.807) is 12.1 Å². The molecule has 2 aliphatic heterocycles. The second kappa shape index (κ2) is 6.16. The molecule has 2 atom stereocenters. The van der Waals surface area contributed by atoms with Crippen molar-refractivity contribution in [1.82, 2.24) is 4.90 Å². The van der Waals surface area contributed by atoms with Gasteiger partial charge in [-0.2, -0.15) is 0 Å². The Morgan fingerprint density at radius 1 is 1.27 bits per heavy atom. The number of anilines is 1. The van der Waals surface area contributed by atoms with E-state index >= 15 is 0 Å². The van der Waals surface area contributed by atoms with Crippen LogP contribution in [0.2, 0.25) is 0 Å². The Kier molecular flexibility index (Phi) is 4.41. The van der Waals surface area contributed by atoms with Crippen molar-refractivity contribution >= 4 is 27.3 Å². The minimum atomic E-state index is -0.273. The van der Waals surface area contributed by atoms with Crippen molar-refractivity contribution in [2.75, 3.05) is 18.0 Å². The number of halogens is 1. The lowest BCUT2D eigenvalue weighted by Gasteiger charge is -2.32. The molecule has 6 heteroatoms. The molecule has 22 heavy (non-hydrogen) atoms. The Morgan fingerprint density at radius 2 is 2.00 bits per heavy atom. The number of fused-ring (bicyclic) bond motifs is 2. The van der Waals surface area contributed by atoms with Crippen molar-refractivity contribution in [3.63, 3.8) is 0 Å². The van der Waals surface area contributed by atoms with Crippen LogP contribution in [-0.2, 0) is 0 Å². The molecule has 0 radical (unpaired) electrons. The third kappa shape index (κ3) is 2.86. The lowest BCUT2D eigenvalue weighted by molar-refractivity contribution is -0.384. The smallest absolute Gasteiger partial charge is 0.292 e.